The van der Waals surface area contributed by atoms with E-state index in [4.69, 9.17) is 9.47 Å². The van der Waals surface area contributed by atoms with Crippen molar-refractivity contribution in [3.63, 3.8) is 0 Å². The number of benzene rings is 3. The van der Waals surface area contributed by atoms with Gasteiger partial charge in [0.25, 0.3) is 5.78 Å². The summed E-state index contributed by atoms with van der Waals surface area (Å²) in [4.78, 5) is 28.3. The molecule has 208 valence electrons. The Bertz CT molecular complexity index is 1690. The number of methoxy groups -OCH3 is 1. The van der Waals surface area contributed by atoms with E-state index in [0.29, 0.717) is 39.0 Å². The molecule has 1 amide bonds. The zero-order chi connectivity index (χ0) is 28.7. The highest BCUT2D eigenvalue weighted by Crippen LogP contribution is 2.45. The van der Waals surface area contributed by atoms with Crippen molar-refractivity contribution >= 4 is 45.7 Å². The van der Waals surface area contributed by atoms with Crippen LogP contribution in [0.2, 0.25) is 0 Å². The van der Waals surface area contributed by atoms with Crippen LogP contribution in [0, 0.1) is 5.82 Å². The van der Waals surface area contributed by atoms with Crippen LogP contribution in [0.4, 0.5) is 9.52 Å². The van der Waals surface area contributed by atoms with Crippen LogP contribution in [-0.2, 0) is 21.8 Å². The van der Waals surface area contributed by atoms with Crippen molar-refractivity contribution in [1.82, 2.24) is 10.2 Å². The minimum absolute atomic E-state index is 0.00938. The summed E-state index contributed by atoms with van der Waals surface area (Å²) in [5, 5.41) is 20.1. The number of carbonyl (C=O) groups excluding carboxylic acids is 2. The SMILES string of the molecule is COc1ccc([C@@H]2/C(=C(\O)c3ccc4c(c3)C[C@H](C)O4)C(=O)C(=O)N2c2nnc(SCc3ccccc3F)s2)cc1. The van der Waals surface area contributed by atoms with E-state index in [1.807, 2.05) is 6.92 Å². The number of nitrogens with zero attached hydrogens (tertiary/aromatic N) is 3. The molecule has 0 saturated carbocycles. The zero-order valence-electron chi connectivity index (χ0n) is 22.0. The second kappa shape index (κ2) is 11.0. The Kier molecular flexibility index (Phi) is 7.22. The molecule has 3 heterocycles. The van der Waals surface area contributed by atoms with Crippen LogP contribution >= 0.6 is 23.1 Å². The Labute approximate surface area is 243 Å². The minimum atomic E-state index is -0.957. The van der Waals surface area contributed by atoms with Gasteiger partial charge in [-0.25, -0.2) is 4.39 Å². The first-order chi connectivity index (χ1) is 19.8. The van der Waals surface area contributed by atoms with Gasteiger partial charge in [0.1, 0.15) is 29.2 Å². The number of Topliss-reactive ketones (excluding diaryl/α,β-unsaturated/α-hetero) is 1. The Hall–Kier alpha value is -4.22. The Morgan fingerprint density at radius 1 is 1.15 bits per heavy atom. The number of ether oxygens (including phenoxy) is 2. The minimum Gasteiger partial charge on any atom is -0.507 e. The number of fused-ring (bicyclic) bond motifs is 1. The number of hydrogen-bond acceptors (Lipinski definition) is 9. The summed E-state index contributed by atoms with van der Waals surface area (Å²) in [5.41, 5.74) is 2.37. The average Bonchev–Trinajstić information content (AvgIpc) is 3.67. The topological polar surface area (TPSA) is 102 Å². The third-order valence-corrected chi connectivity index (χ3v) is 9.06. The van der Waals surface area contributed by atoms with Gasteiger partial charge in [0.15, 0.2) is 4.34 Å². The average molecular weight is 590 g/mol. The number of aliphatic hydroxyl groups is 1. The number of carbonyl (C=O) groups is 2. The molecule has 3 aromatic carbocycles. The lowest BCUT2D eigenvalue weighted by molar-refractivity contribution is -0.132. The fourth-order valence-corrected chi connectivity index (χ4v) is 6.82. The lowest BCUT2D eigenvalue weighted by Crippen LogP contribution is -2.29. The van der Waals surface area contributed by atoms with E-state index >= 15 is 0 Å². The smallest absolute Gasteiger partial charge is 0.301 e. The second-order valence-electron chi connectivity index (χ2n) is 9.63. The van der Waals surface area contributed by atoms with Crippen LogP contribution in [0.3, 0.4) is 0 Å². The van der Waals surface area contributed by atoms with Crippen LogP contribution in [0.1, 0.15) is 35.2 Å². The molecule has 41 heavy (non-hydrogen) atoms. The predicted octanol–water partition coefficient (Wildman–Crippen LogP) is 5.93. The van der Waals surface area contributed by atoms with E-state index in [1.165, 1.54) is 22.7 Å². The summed E-state index contributed by atoms with van der Waals surface area (Å²) in [6, 6.07) is 17.7. The lowest BCUT2D eigenvalue weighted by atomic mass is 9.94. The summed E-state index contributed by atoms with van der Waals surface area (Å²) in [6.07, 6.45) is 0.681. The van der Waals surface area contributed by atoms with E-state index < -0.39 is 17.7 Å². The van der Waals surface area contributed by atoms with Gasteiger partial charge in [0, 0.05) is 17.7 Å². The van der Waals surface area contributed by atoms with Gasteiger partial charge in [-0.3, -0.25) is 14.5 Å². The highest BCUT2D eigenvalue weighted by atomic mass is 32.2. The first kappa shape index (κ1) is 27.0. The highest BCUT2D eigenvalue weighted by molar-refractivity contribution is 8.00. The van der Waals surface area contributed by atoms with E-state index in [0.717, 1.165) is 22.6 Å². The normalized spacial score (nSPS) is 19.3. The van der Waals surface area contributed by atoms with Gasteiger partial charge in [0.05, 0.1) is 18.7 Å². The zero-order valence-corrected chi connectivity index (χ0v) is 23.7. The third kappa shape index (κ3) is 5.07. The summed E-state index contributed by atoms with van der Waals surface area (Å²) in [7, 11) is 1.54. The van der Waals surface area contributed by atoms with Crippen molar-refractivity contribution in [2.24, 2.45) is 0 Å². The van der Waals surface area contributed by atoms with Gasteiger partial charge in [-0.1, -0.05) is 53.4 Å². The van der Waals surface area contributed by atoms with Crippen molar-refractivity contribution in [2.75, 3.05) is 12.0 Å². The maximum Gasteiger partial charge on any atom is 0.301 e. The second-order valence-corrected chi connectivity index (χ2v) is 11.8. The molecular weight excluding hydrogens is 565 g/mol. The van der Waals surface area contributed by atoms with Crippen LogP contribution in [0.5, 0.6) is 11.5 Å². The number of aliphatic hydroxyl groups excluding tert-OH is 1. The summed E-state index contributed by atoms with van der Waals surface area (Å²) in [6.45, 7) is 1.96. The van der Waals surface area contributed by atoms with E-state index in [-0.39, 0.29) is 28.4 Å². The number of amides is 1. The molecule has 2 aliphatic rings. The molecule has 8 nitrogen and oxygen atoms in total. The van der Waals surface area contributed by atoms with Crippen LogP contribution in [0.25, 0.3) is 5.76 Å². The number of rotatable bonds is 7. The fourth-order valence-electron chi connectivity index (χ4n) is 4.97. The van der Waals surface area contributed by atoms with Gasteiger partial charge in [-0.05, 0) is 60.0 Å². The van der Waals surface area contributed by atoms with E-state index in [2.05, 4.69) is 10.2 Å². The first-order valence-electron chi connectivity index (χ1n) is 12.8. The third-order valence-electron chi connectivity index (χ3n) is 6.96. The monoisotopic (exact) mass is 589 g/mol. The number of ketones is 1. The van der Waals surface area contributed by atoms with Crippen molar-refractivity contribution in [3.8, 4) is 11.5 Å². The van der Waals surface area contributed by atoms with Gasteiger partial charge >= 0.3 is 5.91 Å². The number of aromatic nitrogens is 2. The van der Waals surface area contributed by atoms with Crippen LogP contribution in [0.15, 0.2) is 76.6 Å². The highest BCUT2D eigenvalue weighted by Gasteiger charge is 2.48. The summed E-state index contributed by atoms with van der Waals surface area (Å²) in [5.74, 6) is -0.605. The number of thioether (sulfide) groups is 1. The van der Waals surface area contributed by atoms with Crippen molar-refractivity contribution < 1.29 is 28.6 Å². The molecule has 1 N–H and O–H groups in total. The number of anilines is 1. The van der Waals surface area contributed by atoms with Crippen molar-refractivity contribution in [3.05, 3.63) is 100 Å². The Morgan fingerprint density at radius 3 is 2.68 bits per heavy atom. The van der Waals surface area contributed by atoms with Crippen LogP contribution in [-0.4, -0.2) is 40.2 Å². The molecule has 2 aliphatic heterocycles. The fraction of sp³-hybridized carbons (Fsp3) is 0.200. The molecule has 6 rings (SSSR count). The van der Waals surface area contributed by atoms with Gasteiger partial charge in [0.2, 0.25) is 5.13 Å². The van der Waals surface area contributed by atoms with E-state index in [1.54, 1.807) is 67.8 Å². The molecule has 0 aliphatic carbocycles. The van der Waals surface area contributed by atoms with E-state index in [9.17, 15) is 19.1 Å². The molecule has 1 aromatic heterocycles. The van der Waals surface area contributed by atoms with Crippen molar-refractivity contribution in [2.45, 2.75) is 35.6 Å². The lowest BCUT2D eigenvalue weighted by Gasteiger charge is -2.22. The van der Waals surface area contributed by atoms with Crippen LogP contribution < -0.4 is 14.4 Å². The molecule has 11 heteroatoms. The molecule has 0 bridgehead atoms. The molecule has 4 aromatic rings. The largest absolute Gasteiger partial charge is 0.507 e. The summed E-state index contributed by atoms with van der Waals surface area (Å²) < 4.78 is 25.7. The molecule has 0 spiro atoms. The molecule has 1 saturated heterocycles. The Morgan fingerprint density at radius 2 is 1.93 bits per heavy atom. The predicted molar refractivity (Wildman–Crippen MR) is 154 cm³/mol. The maximum atomic E-state index is 14.1. The maximum absolute atomic E-state index is 14.1. The molecular formula is C30H24FN3O5S2. The Balaban J connectivity index is 1.39. The molecule has 2 atom stereocenters. The van der Waals surface area contributed by atoms with Gasteiger partial charge in [-0.2, -0.15) is 0 Å². The molecule has 1 fully saturated rings. The molecule has 0 radical (unpaired) electrons. The number of halogens is 1. The first-order valence-corrected chi connectivity index (χ1v) is 14.6. The number of hydrogen-bond donors (Lipinski definition) is 1. The van der Waals surface area contributed by atoms with Gasteiger partial charge < -0.3 is 14.6 Å². The quantitative estimate of drug-likeness (QED) is 0.0931. The van der Waals surface area contributed by atoms with Gasteiger partial charge in [-0.15, -0.1) is 10.2 Å². The molecule has 0 unspecified atom stereocenters. The standard InChI is InChI=1S/C30H24FN3O5S2/c1-16-13-20-14-18(9-12-23(20)39-16)26(35)24-25(17-7-10-21(38-2)11-8-17)34(28(37)27(24)36)29-32-33-30(41-29)40-15-19-5-3-4-6-22(19)31/h3-12,14,16,25,35H,13,15H2,1-2H3/b26-24+/t16-,25+/m0/s1. The summed E-state index contributed by atoms with van der Waals surface area (Å²) >= 11 is 2.40. The van der Waals surface area contributed by atoms with Crippen molar-refractivity contribution in [1.29, 1.82) is 0 Å².